The highest BCUT2D eigenvalue weighted by molar-refractivity contribution is 5.66. The predicted octanol–water partition coefficient (Wildman–Crippen LogP) is 5.71. The van der Waals surface area contributed by atoms with Crippen LogP contribution in [0.5, 0.6) is 11.6 Å². The van der Waals surface area contributed by atoms with Crippen LogP contribution in [0.25, 0.3) is 11.3 Å². The van der Waals surface area contributed by atoms with E-state index in [2.05, 4.69) is 39.2 Å². The van der Waals surface area contributed by atoms with Gasteiger partial charge in [0.25, 0.3) is 0 Å². The van der Waals surface area contributed by atoms with Gasteiger partial charge in [-0.1, -0.05) is 19.4 Å². The molecule has 1 spiro atoms. The monoisotopic (exact) mass is 610 g/mol. The van der Waals surface area contributed by atoms with Crippen molar-refractivity contribution >= 4 is 5.69 Å². The molecule has 236 valence electrons. The molecule has 0 aromatic carbocycles. The number of nitrogens with zero attached hydrogens (tertiary/aromatic N) is 5. The fourth-order valence-corrected chi connectivity index (χ4v) is 7.65. The van der Waals surface area contributed by atoms with Gasteiger partial charge in [-0.25, -0.2) is 4.98 Å². The molecule has 8 nitrogen and oxygen atoms in total. The molecule has 6 heterocycles. The molecule has 3 aromatic rings. The average molecular weight is 611 g/mol. The standard InChI is InChI=1S/C33H41F3N6O2/c1-4-22-18-42(28-16-37-17-29(43-3)30(28)33(34,35)36)15-12-32(22)21-41(19-23-8-6-13-38-23)20-27-25(32)10-11-26(40-27)24-9-7-14-39-31(24)44-5-2/h7,9-11,14,16-17,22-23,38H,4-6,8,12-13,15,18-21H2,1-3H3/t22-,23-,32+/m1/s1. The second-order valence-electron chi connectivity index (χ2n) is 12.1. The van der Waals surface area contributed by atoms with Crippen LogP contribution in [0, 0.1) is 5.92 Å². The first-order chi connectivity index (χ1) is 21.3. The molecule has 6 rings (SSSR count). The molecule has 3 aliphatic rings. The van der Waals surface area contributed by atoms with E-state index in [0.29, 0.717) is 38.0 Å². The van der Waals surface area contributed by atoms with Gasteiger partial charge in [-0.3, -0.25) is 14.9 Å². The number of pyridine rings is 3. The first-order valence-corrected chi connectivity index (χ1v) is 15.7. The summed E-state index contributed by atoms with van der Waals surface area (Å²) in [5, 5.41) is 3.64. The van der Waals surface area contributed by atoms with Crippen molar-refractivity contribution < 1.29 is 22.6 Å². The topological polar surface area (TPSA) is 75.6 Å². The predicted molar refractivity (Wildman–Crippen MR) is 163 cm³/mol. The Labute approximate surface area is 257 Å². The highest BCUT2D eigenvalue weighted by atomic mass is 19.4. The minimum Gasteiger partial charge on any atom is -0.494 e. The zero-order valence-electron chi connectivity index (χ0n) is 25.7. The van der Waals surface area contributed by atoms with Gasteiger partial charge in [0.2, 0.25) is 5.88 Å². The smallest absolute Gasteiger partial charge is 0.422 e. The molecular weight excluding hydrogens is 569 g/mol. The van der Waals surface area contributed by atoms with Gasteiger partial charge >= 0.3 is 6.18 Å². The van der Waals surface area contributed by atoms with Crippen LogP contribution < -0.4 is 19.7 Å². The van der Waals surface area contributed by atoms with Gasteiger partial charge in [-0.15, -0.1) is 0 Å². The van der Waals surface area contributed by atoms with Crippen molar-refractivity contribution in [2.45, 2.75) is 63.7 Å². The maximum atomic E-state index is 14.3. The lowest BCUT2D eigenvalue weighted by molar-refractivity contribution is -0.138. The number of hydrogen-bond acceptors (Lipinski definition) is 8. The summed E-state index contributed by atoms with van der Waals surface area (Å²) >= 11 is 0. The number of alkyl halides is 3. The lowest BCUT2D eigenvalue weighted by atomic mass is 9.62. The van der Waals surface area contributed by atoms with Gasteiger partial charge < -0.3 is 19.7 Å². The number of halogens is 3. The highest BCUT2D eigenvalue weighted by Crippen LogP contribution is 2.49. The molecule has 11 heteroatoms. The number of piperidine rings is 1. The number of nitrogens with one attached hydrogen (secondary N) is 1. The van der Waals surface area contributed by atoms with E-state index in [4.69, 9.17) is 14.5 Å². The number of fused-ring (bicyclic) bond motifs is 2. The molecule has 3 aliphatic heterocycles. The van der Waals surface area contributed by atoms with Gasteiger partial charge in [-0.05, 0) is 62.4 Å². The van der Waals surface area contributed by atoms with Crippen LogP contribution in [0.2, 0.25) is 0 Å². The van der Waals surface area contributed by atoms with E-state index in [1.54, 1.807) is 6.20 Å². The second-order valence-corrected chi connectivity index (χ2v) is 12.1. The van der Waals surface area contributed by atoms with E-state index < -0.39 is 11.7 Å². The second kappa shape index (κ2) is 12.5. The van der Waals surface area contributed by atoms with Crippen molar-refractivity contribution in [3.63, 3.8) is 0 Å². The minimum absolute atomic E-state index is 0.0849. The molecule has 2 fully saturated rings. The van der Waals surface area contributed by atoms with Crippen LogP contribution in [0.4, 0.5) is 18.9 Å². The van der Waals surface area contributed by atoms with Gasteiger partial charge in [0.1, 0.15) is 5.56 Å². The van der Waals surface area contributed by atoms with Crippen molar-refractivity contribution in [3.8, 4) is 22.9 Å². The van der Waals surface area contributed by atoms with Crippen LogP contribution in [0.1, 0.15) is 56.4 Å². The summed E-state index contributed by atoms with van der Waals surface area (Å²) in [7, 11) is 1.26. The summed E-state index contributed by atoms with van der Waals surface area (Å²) in [6.45, 7) is 9.09. The Kier molecular flexibility index (Phi) is 8.70. The number of aromatic nitrogens is 3. The molecule has 0 unspecified atom stereocenters. The Morgan fingerprint density at radius 1 is 1.16 bits per heavy atom. The first kappa shape index (κ1) is 30.6. The summed E-state index contributed by atoms with van der Waals surface area (Å²) in [6, 6.07) is 8.57. The molecule has 2 saturated heterocycles. The van der Waals surface area contributed by atoms with Gasteiger partial charge in [0.15, 0.2) is 5.75 Å². The SMILES string of the molecule is CCOc1ncccc1-c1ccc2c(n1)CN(C[C@H]1CCCN1)C[C@]21CCN(c2cncc(OC)c2C(F)(F)F)C[C@H]1CC. The summed E-state index contributed by atoms with van der Waals surface area (Å²) < 4.78 is 53.9. The van der Waals surface area contributed by atoms with Crippen molar-refractivity contribution in [1.82, 2.24) is 25.2 Å². The van der Waals surface area contributed by atoms with E-state index in [0.717, 1.165) is 62.2 Å². The van der Waals surface area contributed by atoms with E-state index in [-0.39, 0.29) is 22.8 Å². The Morgan fingerprint density at radius 2 is 2.02 bits per heavy atom. The van der Waals surface area contributed by atoms with Gasteiger partial charge in [0, 0.05) is 50.4 Å². The van der Waals surface area contributed by atoms with Crippen molar-refractivity contribution in [2.24, 2.45) is 5.92 Å². The third-order valence-corrected chi connectivity index (χ3v) is 9.64. The Morgan fingerprint density at radius 3 is 2.75 bits per heavy atom. The molecule has 44 heavy (non-hydrogen) atoms. The number of rotatable bonds is 8. The van der Waals surface area contributed by atoms with Crippen LogP contribution >= 0.6 is 0 Å². The van der Waals surface area contributed by atoms with Crippen LogP contribution in [-0.2, 0) is 18.1 Å². The minimum atomic E-state index is -4.56. The van der Waals surface area contributed by atoms with Gasteiger partial charge in [0.05, 0.1) is 48.7 Å². The fraction of sp³-hybridized carbons (Fsp3) is 0.545. The average Bonchev–Trinajstić information content (AvgIpc) is 3.53. The van der Waals surface area contributed by atoms with Crippen molar-refractivity contribution in [2.75, 3.05) is 51.3 Å². The quantitative estimate of drug-likeness (QED) is 0.348. The lowest BCUT2D eigenvalue weighted by Gasteiger charge is -2.53. The largest absolute Gasteiger partial charge is 0.494 e. The first-order valence-electron chi connectivity index (χ1n) is 15.7. The third kappa shape index (κ3) is 5.72. The highest BCUT2D eigenvalue weighted by Gasteiger charge is 2.50. The molecule has 0 aliphatic carbocycles. The molecule has 3 atom stereocenters. The molecule has 0 amide bonds. The van der Waals surface area contributed by atoms with Crippen LogP contribution in [0.15, 0.2) is 42.9 Å². The Hall–Kier alpha value is -3.44. The van der Waals surface area contributed by atoms with E-state index in [1.807, 2.05) is 24.0 Å². The number of ether oxygens (including phenoxy) is 2. The van der Waals surface area contributed by atoms with Crippen molar-refractivity contribution in [1.29, 1.82) is 0 Å². The summed E-state index contributed by atoms with van der Waals surface area (Å²) in [5.74, 6) is 0.416. The van der Waals surface area contributed by atoms with E-state index in [9.17, 15) is 13.2 Å². The maximum Gasteiger partial charge on any atom is 0.422 e. The van der Waals surface area contributed by atoms with Crippen LogP contribution in [-0.4, -0.2) is 72.3 Å². The normalized spacial score (nSPS) is 24.0. The number of methoxy groups -OCH3 is 1. The zero-order chi connectivity index (χ0) is 30.9. The van der Waals surface area contributed by atoms with E-state index in [1.165, 1.54) is 25.3 Å². The Bertz CT molecular complexity index is 1460. The van der Waals surface area contributed by atoms with Crippen molar-refractivity contribution in [3.05, 3.63) is 59.7 Å². The zero-order valence-corrected chi connectivity index (χ0v) is 25.7. The fourth-order valence-electron chi connectivity index (χ4n) is 7.65. The molecule has 0 radical (unpaired) electrons. The lowest BCUT2D eigenvalue weighted by Crippen LogP contribution is -2.58. The van der Waals surface area contributed by atoms with Gasteiger partial charge in [-0.2, -0.15) is 13.2 Å². The molecular formula is C33H41F3N6O2. The third-order valence-electron chi connectivity index (χ3n) is 9.64. The summed E-state index contributed by atoms with van der Waals surface area (Å²) in [6.07, 6.45) is 3.49. The number of anilines is 1. The molecule has 3 aromatic heterocycles. The number of hydrogen-bond donors (Lipinski definition) is 1. The summed E-state index contributed by atoms with van der Waals surface area (Å²) in [5.41, 5.74) is 3.00. The molecule has 0 saturated carbocycles. The molecule has 0 bridgehead atoms. The molecule has 1 N–H and O–H groups in total. The summed E-state index contributed by atoms with van der Waals surface area (Å²) in [4.78, 5) is 18.2. The maximum absolute atomic E-state index is 14.3. The van der Waals surface area contributed by atoms with Crippen LogP contribution in [0.3, 0.4) is 0 Å². The van der Waals surface area contributed by atoms with E-state index >= 15 is 0 Å². The Balaban J connectivity index is 1.39.